The lowest BCUT2D eigenvalue weighted by molar-refractivity contribution is -0.122. The second kappa shape index (κ2) is 6.37. The van der Waals surface area contributed by atoms with Gasteiger partial charge in [-0.3, -0.25) is 14.4 Å². The van der Waals surface area contributed by atoms with Crippen molar-refractivity contribution >= 4 is 23.4 Å². The normalized spacial score (nSPS) is 19.7. The molecule has 1 aliphatic carbocycles. The molecular weight excluding hydrogens is 335 g/mol. The van der Waals surface area contributed by atoms with Crippen LogP contribution in [0.1, 0.15) is 29.6 Å². The monoisotopic (exact) mass is 352 g/mol. The highest BCUT2D eigenvalue weighted by Crippen LogP contribution is 2.35. The fraction of sp³-hybridized carbons (Fsp3) is 0.250. The standard InChI is InChI=1S/C20H17FN2O3/c21-16-9-5-4-8-15(16)19(25)22(14-10-11-14)17-12-18(24)23(20(17)26)13-6-2-1-3-7-13/h1-9,14,17H,10-12H2. The molecule has 1 aliphatic heterocycles. The molecule has 0 aromatic heterocycles. The van der Waals surface area contributed by atoms with Crippen LogP contribution in [-0.4, -0.2) is 34.7 Å². The molecule has 0 radical (unpaired) electrons. The largest absolute Gasteiger partial charge is 0.323 e. The smallest absolute Gasteiger partial charge is 0.257 e. The van der Waals surface area contributed by atoms with E-state index in [1.807, 2.05) is 0 Å². The van der Waals surface area contributed by atoms with Crippen LogP contribution < -0.4 is 4.90 Å². The molecule has 0 bridgehead atoms. The third kappa shape index (κ3) is 2.77. The Labute approximate surface area is 150 Å². The van der Waals surface area contributed by atoms with Crippen molar-refractivity contribution in [3.63, 3.8) is 0 Å². The van der Waals surface area contributed by atoms with Crippen molar-refractivity contribution in [2.24, 2.45) is 0 Å². The number of hydrogen-bond donors (Lipinski definition) is 0. The van der Waals surface area contributed by atoms with Crippen LogP contribution in [-0.2, 0) is 9.59 Å². The molecule has 6 heteroatoms. The predicted molar refractivity (Wildman–Crippen MR) is 92.9 cm³/mol. The number of nitrogens with zero attached hydrogens (tertiary/aromatic N) is 2. The van der Waals surface area contributed by atoms with Gasteiger partial charge in [0.2, 0.25) is 5.91 Å². The van der Waals surface area contributed by atoms with Crippen molar-refractivity contribution < 1.29 is 18.8 Å². The Balaban J connectivity index is 1.66. The molecule has 1 atom stereocenters. The number of hydrogen-bond acceptors (Lipinski definition) is 3. The first-order valence-electron chi connectivity index (χ1n) is 8.57. The van der Waals surface area contributed by atoms with E-state index in [1.165, 1.54) is 23.1 Å². The van der Waals surface area contributed by atoms with Crippen LogP contribution in [0, 0.1) is 5.82 Å². The molecule has 5 nitrogen and oxygen atoms in total. The molecule has 2 fully saturated rings. The van der Waals surface area contributed by atoms with Crippen molar-refractivity contribution in [1.29, 1.82) is 0 Å². The Kier molecular flexibility index (Phi) is 4.03. The zero-order valence-electron chi connectivity index (χ0n) is 14.0. The lowest BCUT2D eigenvalue weighted by Gasteiger charge is -2.27. The molecule has 26 heavy (non-hydrogen) atoms. The average Bonchev–Trinajstić information content (AvgIpc) is 3.42. The van der Waals surface area contributed by atoms with Gasteiger partial charge in [-0.2, -0.15) is 0 Å². The number of para-hydroxylation sites is 1. The lowest BCUT2D eigenvalue weighted by Crippen LogP contribution is -2.47. The van der Waals surface area contributed by atoms with Crippen LogP contribution in [0.5, 0.6) is 0 Å². The van der Waals surface area contributed by atoms with Crippen LogP contribution in [0.25, 0.3) is 0 Å². The van der Waals surface area contributed by atoms with Crippen molar-refractivity contribution in [1.82, 2.24) is 4.90 Å². The number of benzene rings is 2. The first-order valence-corrected chi connectivity index (χ1v) is 8.57. The molecule has 1 saturated heterocycles. The maximum absolute atomic E-state index is 14.1. The van der Waals surface area contributed by atoms with E-state index in [0.29, 0.717) is 5.69 Å². The molecule has 132 valence electrons. The minimum absolute atomic E-state index is 0.0715. The highest BCUT2D eigenvalue weighted by atomic mass is 19.1. The summed E-state index contributed by atoms with van der Waals surface area (Å²) in [5.74, 6) is -1.94. The van der Waals surface area contributed by atoms with Crippen LogP contribution in [0.4, 0.5) is 10.1 Å². The highest BCUT2D eigenvalue weighted by molar-refractivity contribution is 6.23. The summed E-state index contributed by atoms with van der Waals surface area (Å²) in [6, 6.07) is 13.3. The molecule has 1 heterocycles. The quantitative estimate of drug-likeness (QED) is 0.795. The van der Waals surface area contributed by atoms with Gasteiger partial charge in [-0.1, -0.05) is 30.3 Å². The Morgan fingerprint density at radius 1 is 1.00 bits per heavy atom. The van der Waals surface area contributed by atoms with E-state index in [1.54, 1.807) is 36.4 Å². The van der Waals surface area contributed by atoms with Gasteiger partial charge in [0.1, 0.15) is 11.9 Å². The fourth-order valence-electron chi connectivity index (χ4n) is 3.37. The van der Waals surface area contributed by atoms with Crippen molar-refractivity contribution in [2.75, 3.05) is 4.90 Å². The molecule has 2 aliphatic rings. The van der Waals surface area contributed by atoms with Crippen LogP contribution >= 0.6 is 0 Å². The van der Waals surface area contributed by atoms with Gasteiger partial charge >= 0.3 is 0 Å². The number of rotatable bonds is 4. The van der Waals surface area contributed by atoms with Crippen LogP contribution in [0.15, 0.2) is 54.6 Å². The molecular formula is C20H17FN2O3. The topological polar surface area (TPSA) is 57.7 Å². The Hall–Kier alpha value is -3.02. The second-order valence-corrected chi connectivity index (χ2v) is 6.55. The van der Waals surface area contributed by atoms with Crippen LogP contribution in [0.2, 0.25) is 0 Å². The van der Waals surface area contributed by atoms with Crippen molar-refractivity contribution in [2.45, 2.75) is 31.3 Å². The van der Waals surface area contributed by atoms with Gasteiger partial charge in [0, 0.05) is 6.04 Å². The van der Waals surface area contributed by atoms with E-state index in [0.717, 1.165) is 17.7 Å². The third-order valence-electron chi connectivity index (χ3n) is 4.75. The second-order valence-electron chi connectivity index (χ2n) is 6.55. The van der Waals surface area contributed by atoms with E-state index in [4.69, 9.17) is 0 Å². The summed E-state index contributed by atoms with van der Waals surface area (Å²) in [6.07, 6.45) is 1.43. The number of carbonyl (C=O) groups excluding carboxylic acids is 3. The minimum Gasteiger partial charge on any atom is -0.323 e. The SMILES string of the molecule is O=C1CC(N(C(=O)c2ccccc2F)C2CC2)C(=O)N1c1ccccc1. The van der Waals surface area contributed by atoms with Gasteiger partial charge in [0.25, 0.3) is 11.8 Å². The van der Waals surface area contributed by atoms with Gasteiger partial charge in [-0.05, 0) is 37.1 Å². The summed E-state index contributed by atoms with van der Waals surface area (Å²) in [5, 5.41) is 0. The first kappa shape index (κ1) is 16.4. The van der Waals surface area contributed by atoms with Crippen molar-refractivity contribution in [3.05, 3.63) is 66.0 Å². The maximum Gasteiger partial charge on any atom is 0.257 e. The van der Waals surface area contributed by atoms with E-state index in [-0.39, 0.29) is 23.9 Å². The molecule has 0 N–H and O–H groups in total. The Bertz CT molecular complexity index is 880. The number of imide groups is 1. The average molecular weight is 352 g/mol. The van der Waals surface area contributed by atoms with Gasteiger partial charge < -0.3 is 4.90 Å². The molecule has 0 spiro atoms. The summed E-state index contributed by atoms with van der Waals surface area (Å²) in [4.78, 5) is 40.8. The molecule has 4 rings (SSSR count). The number of carbonyl (C=O) groups is 3. The van der Waals surface area contributed by atoms with Gasteiger partial charge in [0.05, 0.1) is 17.7 Å². The van der Waals surface area contributed by atoms with E-state index >= 15 is 0 Å². The first-order chi connectivity index (χ1) is 12.6. The van der Waals surface area contributed by atoms with E-state index in [2.05, 4.69) is 0 Å². The molecule has 3 amide bonds. The summed E-state index contributed by atoms with van der Waals surface area (Å²) in [6.45, 7) is 0. The van der Waals surface area contributed by atoms with Gasteiger partial charge in [-0.15, -0.1) is 0 Å². The lowest BCUT2D eigenvalue weighted by atomic mass is 10.1. The summed E-state index contributed by atoms with van der Waals surface area (Å²) >= 11 is 0. The van der Waals surface area contributed by atoms with E-state index < -0.39 is 23.7 Å². The van der Waals surface area contributed by atoms with Gasteiger partial charge in [-0.25, -0.2) is 9.29 Å². The minimum atomic E-state index is -0.887. The Morgan fingerprint density at radius 2 is 1.65 bits per heavy atom. The number of anilines is 1. The van der Waals surface area contributed by atoms with E-state index in [9.17, 15) is 18.8 Å². The summed E-state index contributed by atoms with van der Waals surface area (Å²) in [7, 11) is 0. The van der Waals surface area contributed by atoms with Crippen LogP contribution in [0.3, 0.4) is 0 Å². The molecule has 2 aromatic carbocycles. The maximum atomic E-state index is 14.1. The highest BCUT2D eigenvalue weighted by Gasteiger charge is 2.49. The molecule has 2 aromatic rings. The predicted octanol–water partition coefficient (Wildman–Crippen LogP) is 2.76. The Morgan fingerprint density at radius 3 is 2.31 bits per heavy atom. The molecule has 1 saturated carbocycles. The molecule has 1 unspecified atom stereocenters. The summed E-state index contributed by atoms with van der Waals surface area (Å²) in [5.41, 5.74) is 0.414. The number of amides is 3. The fourth-order valence-corrected chi connectivity index (χ4v) is 3.37. The third-order valence-corrected chi connectivity index (χ3v) is 4.75. The van der Waals surface area contributed by atoms with Crippen molar-refractivity contribution in [3.8, 4) is 0 Å². The number of halogens is 1. The zero-order chi connectivity index (χ0) is 18.3. The summed E-state index contributed by atoms with van der Waals surface area (Å²) < 4.78 is 14.1. The van der Waals surface area contributed by atoms with Gasteiger partial charge in [0.15, 0.2) is 0 Å². The zero-order valence-corrected chi connectivity index (χ0v) is 14.0.